The smallest absolute Gasteiger partial charge is 0.325 e. The van der Waals surface area contributed by atoms with Crippen LogP contribution in [0, 0.1) is 5.82 Å². The largest absolute Gasteiger partial charge is 0.416 e. The zero-order valence-corrected chi connectivity index (χ0v) is 14.2. The summed E-state index contributed by atoms with van der Waals surface area (Å²) in [5.74, 6) is -1.34. The number of benzene rings is 2. The molecule has 0 saturated heterocycles. The number of rotatable bonds is 5. The minimum absolute atomic E-state index is 0.0792. The maximum absolute atomic E-state index is 13.0. The Hall–Kier alpha value is -2.62. The first kappa shape index (κ1) is 19.7. The molecule has 26 heavy (non-hydrogen) atoms. The Morgan fingerprint density at radius 2 is 1.58 bits per heavy atom. The molecule has 1 amide bonds. The summed E-state index contributed by atoms with van der Waals surface area (Å²) in [5.41, 5.74) is -0.716. The number of nitrogens with zero attached hydrogens (tertiary/aromatic N) is 1. The summed E-state index contributed by atoms with van der Waals surface area (Å²) in [6.45, 7) is -0.620. The first-order valence-electron chi connectivity index (χ1n) is 7.17. The molecule has 0 spiro atoms. The van der Waals surface area contributed by atoms with E-state index in [1.54, 1.807) is 0 Å². The molecular formula is C16H14F4N2O3S. The Morgan fingerprint density at radius 1 is 1.04 bits per heavy atom. The highest BCUT2D eigenvalue weighted by atomic mass is 32.2. The standard InChI is InChI=1S/C16H14F4N2O3S/c1-26(24,25)22(14-8-4-12(17)5-9-14)10-15(23)21-13-6-2-11(3-7-13)16(18,19)20/h2-9H,10H2,1H3,(H,21,23). The van der Waals surface area contributed by atoms with Gasteiger partial charge in [-0.05, 0) is 48.5 Å². The van der Waals surface area contributed by atoms with Gasteiger partial charge < -0.3 is 5.32 Å². The van der Waals surface area contributed by atoms with E-state index in [0.717, 1.165) is 47.0 Å². The lowest BCUT2D eigenvalue weighted by Crippen LogP contribution is -2.37. The lowest BCUT2D eigenvalue weighted by atomic mass is 10.2. The predicted octanol–water partition coefficient (Wildman–Crippen LogP) is 3.25. The Labute approximate surface area is 147 Å². The van der Waals surface area contributed by atoms with Gasteiger partial charge >= 0.3 is 6.18 Å². The summed E-state index contributed by atoms with van der Waals surface area (Å²) in [5, 5.41) is 2.32. The maximum atomic E-state index is 13.0. The van der Waals surface area contributed by atoms with Crippen LogP contribution in [0.3, 0.4) is 0 Å². The van der Waals surface area contributed by atoms with Gasteiger partial charge in [-0.1, -0.05) is 0 Å². The highest BCUT2D eigenvalue weighted by Gasteiger charge is 2.30. The fourth-order valence-electron chi connectivity index (χ4n) is 2.08. The molecule has 0 saturated carbocycles. The van der Waals surface area contributed by atoms with Gasteiger partial charge in [0.1, 0.15) is 12.4 Å². The van der Waals surface area contributed by atoms with Crippen LogP contribution in [0.25, 0.3) is 0 Å². The van der Waals surface area contributed by atoms with E-state index in [0.29, 0.717) is 0 Å². The molecule has 5 nitrogen and oxygen atoms in total. The SMILES string of the molecule is CS(=O)(=O)N(CC(=O)Nc1ccc(C(F)(F)F)cc1)c1ccc(F)cc1. The molecule has 2 aromatic rings. The van der Waals surface area contributed by atoms with Gasteiger partial charge in [0.15, 0.2) is 0 Å². The topological polar surface area (TPSA) is 66.5 Å². The van der Waals surface area contributed by atoms with Crippen molar-refractivity contribution < 1.29 is 30.8 Å². The molecule has 0 bridgehead atoms. The Bertz CT molecular complexity index is 879. The van der Waals surface area contributed by atoms with Crippen LogP contribution in [0.15, 0.2) is 48.5 Å². The minimum atomic E-state index is -4.50. The second-order valence-corrected chi connectivity index (χ2v) is 7.28. The number of carbonyl (C=O) groups excluding carboxylic acids is 1. The summed E-state index contributed by atoms with van der Waals surface area (Å²) in [7, 11) is -3.84. The molecule has 0 fully saturated rings. The van der Waals surface area contributed by atoms with Gasteiger partial charge in [0.05, 0.1) is 17.5 Å². The van der Waals surface area contributed by atoms with Crippen molar-refractivity contribution in [3.05, 3.63) is 59.9 Å². The molecule has 0 atom stereocenters. The molecule has 0 aliphatic carbocycles. The van der Waals surface area contributed by atoms with Crippen molar-refractivity contribution >= 4 is 27.3 Å². The second-order valence-electron chi connectivity index (χ2n) is 5.37. The van der Waals surface area contributed by atoms with E-state index < -0.39 is 40.0 Å². The average Bonchev–Trinajstić information content (AvgIpc) is 2.52. The van der Waals surface area contributed by atoms with Gasteiger partial charge in [-0.25, -0.2) is 12.8 Å². The van der Waals surface area contributed by atoms with Crippen molar-refractivity contribution in [3.63, 3.8) is 0 Å². The van der Waals surface area contributed by atoms with E-state index in [4.69, 9.17) is 0 Å². The summed E-state index contributed by atoms with van der Waals surface area (Å²) in [6, 6.07) is 8.19. The summed E-state index contributed by atoms with van der Waals surface area (Å²) >= 11 is 0. The van der Waals surface area contributed by atoms with Crippen molar-refractivity contribution in [1.29, 1.82) is 0 Å². The van der Waals surface area contributed by atoms with Crippen molar-refractivity contribution in [3.8, 4) is 0 Å². The summed E-state index contributed by atoms with van der Waals surface area (Å²) < 4.78 is 75.1. The van der Waals surface area contributed by atoms with Gasteiger partial charge in [0, 0.05) is 5.69 Å². The van der Waals surface area contributed by atoms with Gasteiger partial charge in [-0.3, -0.25) is 9.10 Å². The second kappa shape index (κ2) is 7.32. The third-order valence-corrected chi connectivity index (χ3v) is 4.44. The van der Waals surface area contributed by atoms with E-state index in [1.807, 2.05) is 0 Å². The average molecular weight is 390 g/mol. The van der Waals surface area contributed by atoms with E-state index in [2.05, 4.69) is 5.32 Å². The van der Waals surface area contributed by atoms with E-state index in [9.17, 15) is 30.8 Å². The zero-order chi connectivity index (χ0) is 19.5. The molecule has 0 heterocycles. The first-order chi connectivity index (χ1) is 12.0. The Kier molecular flexibility index (Phi) is 5.55. The molecular weight excluding hydrogens is 376 g/mol. The summed E-state index contributed by atoms with van der Waals surface area (Å²) in [6.07, 6.45) is -3.63. The Morgan fingerprint density at radius 3 is 2.04 bits per heavy atom. The first-order valence-corrected chi connectivity index (χ1v) is 9.02. The number of carbonyl (C=O) groups is 1. The number of hydrogen-bond donors (Lipinski definition) is 1. The lowest BCUT2D eigenvalue weighted by Gasteiger charge is -2.21. The zero-order valence-electron chi connectivity index (χ0n) is 13.4. The van der Waals surface area contributed by atoms with Crippen LogP contribution in [0.1, 0.15) is 5.56 Å². The predicted molar refractivity (Wildman–Crippen MR) is 88.7 cm³/mol. The molecule has 10 heteroatoms. The maximum Gasteiger partial charge on any atom is 0.416 e. The van der Waals surface area contributed by atoms with Crippen LogP contribution in [-0.2, 0) is 21.0 Å². The number of sulfonamides is 1. The van der Waals surface area contributed by atoms with Crippen LogP contribution >= 0.6 is 0 Å². The number of nitrogens with one attached hydrogen (secondary N) is 1. The quantitative estimate of drug-likeness (QED) is 0.797. The van der Waals surface area contributed by atoms with E-state index in [1.165, 1.54) is 12.1 Å². The Balaban J connectivity index is 2.14. The van der Waals surface area contributed by atoms with Gasteiger partial charge in [0.2, 0.25) is 15.9 Å². The number of halogens is 4. The van der Waals surface area contributed by atoms with Crippen LogP contribution in [0.2, 0.25) is 0 Å². The molecule has 140 valence electrons. The van der Waals surface area contributed by atoms with Crippen LogP contribution in [0.5, 0.6) is 0 Å². The highest BCUT2D eigenvalue weighted by molar-refractivity contribution is 7.92. The third-order valence-electron chi connectivity index (χ3n) is 3.30. The molecule has 2 rings (SSSR count). The van der Waals surface area contributed by atoms with Crippen LogP contribution in [0.4, 0.5) is 28.9 Å². The molecule has 1 N–H and O–H groups in total. The fraction of sp³-hybridized carbons (Fsp3) is 0.188. The number of alkyl halides is 3. The lowest BCUT2D eigenvalue weighted by molar-refractivity contribution is -0.137. The number of anilines is 2. The van der Waals surface area contributed by atoms with E-state index >= 15 is 0 Å². The van der Waals surface area contributed by atoms with Crippen LogP contribution < -0.4 is 9.62 Å². The van der Waals surface area contributed by atoms with Crippen LogP contribution in [-0.4, -0.2) is 27.1 Å². The summed E-state index contributed by atoms with van der Waals surface area (Å²) in [4.78, 5) is 12.1. The molecule has 0 radical (unpaired) electrons. The third kappa shape index (κ3) is 5.19. The van der Waals surface area contributed by atoms with Crippen molar-refractivity contribution in [2.45, 2.75) is 6.18 Å². The van der Waals surface area contributed by atoms with Crippen molar-refractivity contribution in [2.24, 2.45) is 0 Å². The monoisotopic (exact) mass is 390 g/mol. The van der Waals surface area contributed by atoms with Gasteiger partial charge in [-0.15, -0.1) is 0 Å². The van der Waals surface area contributed by atoms with Gasteiger partial charge in [0.25, 0.3) is 0 Å². The number of hydrogen-bond acceptors (Lipinski definition) is 3. The van der Waals surface area contributed by atoms with E-state index in [-0.39, 0.29) is 11.4 Å². The molecule has 2 aromatic carbocycles. The molecule has 0 unspecified atom stereocenters. The normalized spacial score (nSPS) is 11.9. The fourth-order valence-corrected chi connectivity index (χ4v) is 2.94. The van der Waals surface area contributed by atoms with Crippen molar-refractivity contribution in [1.82, 2.24) is 0 Å². The van der Waals surface area contributed by atoms with Gasteiger partial charge in [-0.2, -0.15) is 13.2 Å². The highest BCUT2D eigenvalue weighted by Crippen LogP contribution is 2.29. The molecule has 0 aliphatic heterocycles. The molecule has 0 aliphatic rings. The van der Waals surface area contributed by atoms with Crippen molar-refractivity contribution in [2.75, 3.05) is 22.4 Å². The minimum Gasteiger partial charge on any atom is -0.325 e. The molecule has 0 aromatic heterocycles. The number of amides is 1.